The largest absolute Gasteiger partial charge is 0.456 e. The molecular formula is C30H33N3O4. The van der Waals surface area contributed by atoms with Crippen LogP contribution in [0.5, 0.6) is 0 Å². The zero-order valence-corrected chi connectivity index (χ0v) is 21.5. The van der Waals surface area contributed by atoms with E-state index < -0.39 is 5.60 Å². The van der Waals surface area contributed by atoms with Crippen molar-refractivity contribution in [3.05, 3.63) is 94.5 Å². The quantitative estimate of drug-likeness (QED) is 0.228. The van der Waals surface area contributed by atoms with Gasteiger partial charge in [-0.25, -0.2) is 9.79 Å². The van der Waals surface area contributed by atoms with Crippen molar-refractivity contribution in [3.8, 4) is 0 Å². The number of benzene rings is 3. The van der Waals surface area contributed by atoms with Gasteiger partial charge in [0.1, 0.15) is 5.60 Å². The second-order valence-electron chi connectivity index (χ2n) is 10.4. The number of nitrogens with zero attached hydrogens (tertiary/aromatic N) is 1. The molecule has 1 aliphatic carbocycles. The van der Waals surface area contributed by atoms with Crippen molar-refractivity contribution in [3.63, 3.8) is 0 Å². The zero-order chi connectivity index (χ0) is 25.8. The second kappa shape index (κ2) is 10.6. The lowest BCUT2D eigenvalue weighted by Gasteiger charge is -2.22. The molecule has 2 N–H and O–H groups in total. The number of fused-ring (bicyclic) bond motifs is 2. The minimum atomic E-state index is -0.511. The van der Waals surface area contributed by atoms with E-state index in [1.165, 1.54) is 11.1 Å². The smallest absolute Gasteiger partial charge is 0.338 e. The minimum Gasteiger partial charge on any atom is -0.456 e. The van der Waals surface area contributed by atoms with Gasteiger partial charge in [-0.05, 0) is 92.3 Å². The van der Waals surface area contributed by atoms with Crippen LogP contribution in [-0.2, 0) is 33.8 Å². The molecule has 0 unspecified atom stereocenters. The normalized spacial score (nSPS) is 16.2. The number of aliphatic imine (C=N–C) groups is 1. The Bertz CT molecular complexity index is 1280. The number of rotatable bonds is 7. The van der Waals surface area contributed by atoms with Crippen LogP contribution in [0.15, 0.2) is 71.7 Å². The lowest BCUT2D eigenvalue weighted by atomic mass is 10.0. The first-order chi connectivity index (χ1) is 17.8. The minimum absolute atomic E-state index is 0.139. The van der Waals surface area contributed by atoms with Crippen LogP contribution in [0.25, 0.3) is 0 Å². The number of amidine groups is 1. The third-order valence-electron chi connectivity index (χ3n) is 6.33. The molecule has 0 spiro atoms. The second-order valence-corrected chi connectivity index (χ2v) is 10.4. The van der Waals surface area contributed by atoms with E-state index in [1.54, 1.807) is 0 Å². The van der Waals surface area contributed by atoms with E-state index in [-0.39, 0.29) is 18.8 Å². The Morgan fingerprint density at radius 3 is 2.59 bits per heavy atom. The number of hydrogen-bond acceptors (Lipinski definition) is 7. The van der Waals surface area contributed by atoms with E-state index in [9.17, 15) is 4.79 Å². The number of hydrogen-bond donors (Lipinski definition) is 2. The molecule has 0 amide bonds. The third kappa shape index (κ3) is 6.30. The fourth-order valence-corrected chi connectivity index (χ4v) is 4.57. The average molecular weight is 500 g/mol. The Morgan fingerprint density at radius 1 is 1.05 bits per heavy atom. The van der Waals surface area contributed by atoms with Gasteiger partial charge in [-0.2, -0.15) is 0 Å². The molecule has 192 valence electrons. The van der Waals surface area contributed by atoms with Gasteiger partial charge in [0, 0.05) is 11.4 Å². The van der Waals surface area contributed by atoms with Crippen LogP contribution in [0.4, 0.5) is 11.4 Å². The van der Waals surface area contributed by atoms with Crippen molar-refractivity contribution >= 4 is 23.4 Å². The molecule has 0 bridgehead atoms. The Balaban J connectivity index is 1.17. The standard InChI is InChI=1S/C30H33N3O4/c1-30(2,3)37-28(34)21-9-12-24(13-10-21)32-26-14-11-22-16-27-23(15-25(22)26)17-31-29(33-27)36-19-35-18-20-7-5-4-6-8-20/h4-10,12-13,15-16,26,32H,11,14,17-19H2,1-3H3,(H,31,33)/t26-/m0/s1. The Labute approximate surface area is 217 Å². The summed E-state index contributed by atoms with van der Waals surface area (Å²) in [5.41, 5.74) is 6.91. The summed E-state index contributed by atoms with van der Waals surface area (Å²) in [7, 11) is 0. The molecule has 7 nitrogen and oxygen atoms in total. The summed E-state index contributed by atoms with van der Waals surface area (Å²) < 4.78 is 16.8. The van der Waals surface area contributed by atoms with Crippen LogP contribution in [0.3, 0.4) is 0 Å². The number of carbonyl (C=O) groups excluding carboxylic acids is 1. The highest BCUT2D eigenvalue weighted by molar-refractivity contribution is 5.92. The van der Waals surface area contributed by atoms with Crippen molar-refractivity contribution in [1.82, 2.24) is 0 Å². The van der Waals surface area contributed by atoms with E-state index in [2.05, 4.69) is 27.8 Å². The summed E-state index contributed by atoms with van der Waals surface area (Å²) in [5, 5.41) is 6.93. The van der Waals surface area contributed by atoms with Gasteiger partial charge in [-0.3, -0.25) is 0 Å². The summed E-state index contributed by atoms with van der Waals surface area (Å²) in [6, 6.07) is 22.6. The van der Waals surface area contributed by atoms with E-state index in [0.29, 0.717) is 24.7 Å². The van der Waals surface area contributed by atoms with Gasteiger partial charge in [-0.15, -0.1) is 0 Å². The Morgan fingerprint density at radius 2 is 1.84 bits per heavy atom. The van der Waals surface area contributed by atoms with Crippen LogP contribution >= 0.6 is 0 Å². The number of aryl methyl sites for hydroxylation is 1. The van der Waals surface area contributed by atoms with Crippen molar-refractivity contribution in [2.45, 2.75) is 58.4 Å². The fraction of sp³-hybridized carbons (Fsp3) is 0.333. The molecule has 3 aromatic carbocycles. The van der Waals surface area contributed by atoms with Crippen LogP contribution in [0.1, 0.15) is 65.8 Å². The van der Waals surface area contributed by atoms with Gasteiger partial charge in [0.05, 0.1) is 24.8 Å². The number of carbonyl (C=O) groups is 1. The first-order valence-corrected chi connectivity index (χ1v) is 12.7. The average Bonchev–Trinajstić information content (AvgIpc) is 3.26. The molecule has 0 radical (unpaired) electrons. The molecule has 0 aromatic heterocycles. The van der Waals surface area contributed by atoms with Crippen LogP contribution < -0.4 is 10.6 Å². The molecule has 2 aliphatic rings. The number of ether oxygens (including phenoxy) is 3. The van der Waals surface area contributed by atoms with E-state index in [4.69, 9.17) is 14.2 Å². The van der Waals surface area contributed by atoms with Gasteiger partial charge in [-0.1, -0.05) is 30.3 Å². The fourth-order valence-electron chi connectivity index (χ4n) is 4.57. The van der Waals surface area contributed by atoms with Crippen molar-refractivity contribution in [2.75, 3.05) is 17.4 Å². The predicted octanol–water partition coefficient (Wildman–Crippen LogP) is 6.21. The first-order valence-electron chi connectivity index (χ1n) is 12.7. The van der Waals surface area contributed by atoms with Crippen LogP contribution in [-0.4, -0.2) is 24.4 Å². The molecule has 3 aromatic rings. The maximum Gasteiger partial charge on any atom is 0.338 e. The monoisotopic (exact) mass is 499 g/mol. The molecule has 1 heterocycles. The third-order valence-corrected chi connectivity index (χ3v) is 6.33. The zero-order valence-electron chi connectivity index (χ0n) is 21.5. The molecular weight excluding hydrogens is 466 g/mol. The molecule has 0 saturated carbocycles. The van der Waals surface area contributed by atoms with Gasteiger partial charge >= 0.3 is 5.97 Å². The van der Waals surface area contributed by atoms with Gasteiger partial charge in [0.15, 0.2) is 6.79 Å². The summed E-state index contributed by atoms with van der Waals surface area (Å²) in [5.74, 6) is -0.309. The predicted molar refractivity (Wildman–Crippen MR) is 145 cm³/mol. The topological polar surface area (TPSA) is 81.2 Å². The molecule has 5 rings (SSSR count). The summed E-state index contributed by atoms with van der Waals surface area (Å²) >= 11 is 0. The SMILES string of the molecule is CC(C)(C)OC(=O)c1ccc(N[C@H]2CCc3cc4c(cc32)CN=C(OCOCc2ccccc2)N4)cc1. The maximum absolute atomic E-state index is 12.3. The van der Waals surface area contributed by atoms with E-state index in [0.717, 1.165) is 35.3 Å². The highest BCUT2D eigenvalue weighted by atomic mass is 16.7. The summed E-state index contributed by atoms with van der Waals surface area (Å²) in [4.78, 5) is 16.8. The Hall–Kier alpha value is -3.84. The van der Waals surface area contributed by atoms with Gasteiger partial charge < -0.3 is 24.8 Å². The molecule has 0 fully saturated rings. The highest BCUT2D eigenvalue weighted by Crippen LogP contribution is 2.38. The van der Waals surface area contributed by atoms with E-state index >= 15 is 0 Å². The van der Waals surface area contributed by atoms with Gasteiger partial charge in [0.25, 0.3) is 6.02 Å². The van der Waals surface area contributed by atoms with Crippen LogP contribution in [0, 0.1) is 0 Å². The Kier molecular flexibility index (Phi) is 7.15. The lowest BCUT2D eigenvalue weighted by Crippen LogP contribution is -2.23. The summed E-state index contributed by atoms with van der Waals surface area (Å²) in [6.07, 6.45) is 2.00. The molecule has 0 saturated heterocycles. The number of anilines is 2. The van der Waals surface area contributed by atoms with E-state index in [1.807, 2.05) is 75.4 Å². The highest BCUT2D eigenvalue weighted by Gasteiger charge is 2.26. The first kappa shape index (κ1) is 24.8. The molecule has 7 heteroatoms. The van der Waals surface area contributed by atoms with Crippen molar-refractivity contribution in [2.24, 2.45) is 4.99 Å². The number of esters is 1. The lowest BCUT2D eigenvalue weighted by molar-refractivity contribution is -0.00280. The summed E-state index contributed by atoms with van der Waals surface area (Å²) in [6.45, 7) is 6.80. The van der Waals surface area contributed by atoms with Crippen molar-refractivity contribution in [1.29, 1.82) is 0 Å². The van der Waals surface area contributed by atoms with Gasteiger partial charge in [0.2, 0.25) is 0 Å². The molecule has 1 atom stereocenters. The van der Waals surface area contributed by atoms with Crippen molar-refractivity contribution < 1.29 is 19.0 Å². The molecule has 1 aliphatic heterocycles. The number of nitrogens with one attached hydrogen (secondary N) is 2. The van der Waals surface area contributed by atoms with Crippen LogP contribution in [0.2, 0.25) is 0 Å². The maximum atomic E-state index is 12.3. The molecule has 37 heavy (non-hydrogen) atoms.